The molecular formula is C18H18N4O4. The van der Waals surface area contributed by atoms with E-state index >= 15 is 0 Å². The molecule has 0 fully saturated rings. The van der Waals surface area contributed by atoms with Gasteiger partial charge in [0.15, 0.2) is 0 Å². The lowest BCUT2D eigenvalue weighted by Gasteiger charge is -2.16. The van der Waals surface area contributed by atoms with Gasteiger partial charge in [-0.15, -0.1) is 0 Å². The van der Waals surface area contributed by atoms with Crippen LogP contribution in [0.1, 0.15) is 27.1 Å². The number of esters is 1. The molecule has 2 heterocycles. The van der Waals surface area contributed by atoms with Gasteiger partial charge in [0, 0.05) is 26.0 Å². The number of carbonyl (C=O) groups excluding carboxylic acids is 3. The van der Waals surface area contributed by atoms with Gasteiger partial charge in [-0.3, -0.25) is 19.3 Å². The summed E-state index contributed by atoms with van der Waals surface area (Å²) in [4.78, 5) is 47.1. The molecule has 0 aliphatic carbocycles. The molecule has 1 aliphatic heterocycles. The molecule has 8 nitrogen and oxygen atoms in total. The van der Waals surface area contributed by atoms with E-state index in [4.69, 9.17) is 4.74 Å². The number of fused-ring (bicyclic) bond motifs is 1. The fraction of sp³-hybridized carbons (Fsp3) is 0.278. The zero-order chi connectivity index (χ0) is 18.5. The summed E-state index contributed by atoms with van der Waals surface area (Å²) in [5, 5.41) is 0. The molecule has 0 saturated carbocycles. The molecule has 3 rings (SSSR count). The van der Waals surface area contributed by atoms with E-state index in [2.05, 4.69) is 9.97 Å². The smallest absolute Gasteiger partial charge is 0.325 e. The van der Waals surface area contributed by atoms with Crippen molar-refractivity contribution in [3.05, 3.63) is 53.9 Å². The summed E-state index contributed by atoms with van der Waals surface area (Å²) in [5.74, 6) is -0.617. The monoisotopic (exact) mass is 354 g/mol. The SMILES string of the molecule is CN(CC(=O)OCCCN1C(=O)c2ccccc2C1=O)c1ncccn1. The van der Waals surface area contributed by atoms with Gasteiger partial charge >= 0.3 is 5.97 Å². The third-order valence-corrected chi connectivity index (χ3v) is 3.93. The highest BCUT2D eigenvalue weighted by Gasteiger charge is 2.34. The van der Waals surface area contributed by atoms with Crippen LogP contribution in [-0.4, -0.2) is 59.4 Å². The maximum absolute atomic E-state index is 12.2. The number of ether oxygens (including phenoxy) is 1. The molecule has 0 atom stereocenters. The van der Waals surface area contributed by atoms with Crippen LogP contribution in [0, 0.1) is 0 Å². The summed E-state index contributed by atoms with van der Waals surface area (Å²) in [6, 6.07) is 8.41. The van der Waals surface area contributed by atoms with Crippen LogP contribution in [-0.2, 0) is 9.53 Å². The molecule has 0 saturated heterocycles. The number of aromatic nitrogens is 2. The Kier molecular flexibility index (Phi) is 5.21. The van der Waals surface area contributed by atoms with Crippen molar-refractivity contribution in [2.75, 3.05) is 31.6 Å². The predicted molar refractivity (Wildman–Crippen MR) is 92.7 cm³/mol. The molecule has 8 heteroatoms. The van der Waals surface area contributed by atoms with Crippen molar-refractivity contribution in [3.8, 4) is 0 Å². The summed E-state index contributed by atoms with van der Waals surface area (Å²) >= 11 is 0. The highest BCUT2D eigenvalue weighted by molar-refractivity contribution is 6.21. The van der Waals surface area contributed by atoms with E-state index in [-0.39, 0.29) is 31.5 Å². The predicted octanol–water partition coefficient (Wildman–Crippen LogP) is 1.14. The molecule has 134 valence electrons. The van der Waals surface area contributed by atoms with Crippen molar-refractivity contribution >= 4 is 23.7 Å². The molecule has 2 aromatic rings. The minimum Gasteiger partial charge on any atom is -0.464 e. The van der Waals surface area contributed by atoms with Crippen molar-refractivity contribution in [3.63, 3.8) is 0 Å². The largest absolute Gasteiger partial charge is 0.464 e. The van der Waals surface area contributed by atoms with Crippen molar-refractivity contribution in [1.82, 2.24) is 14.9 Å². The van der Waals surface area contributed by atoms with Gasteiger partial charge in [0.25, 0.3) is 11.8 Å². The maximum atomic E-state index is 12.2. The van der Waals surface area contributed by atoms with Gasteiger partial charge in [-0.1, -0.05) is 12.1 Å². The van der Waals surface area contributed by atoms with Crippen LogP contribution in [0.15, 0.2) is 42.7 Å². The summed E-state index contributed by atoms with van der Waals surface area (Å²) in [5.41, 5.74) is 0.831. The zero-order valence-corrected chi connectivity index (χ0v) is 14.3. The minimum atomic E-state index is -0.428. The molecule has 0 spiro atoms. The number of benzene rings is 1. The average molecular weight is 354 g/mol. The van der Waals surface area contributed by atoms with Gasteiger partial charge < -0.3 is 9.64 Å². The second-order valence-electron chi connectivity index (χ2n) is 5.79. The normalized spacial score (nSPS) is 12.9. The third-order valence-electron chi connectivity index (χ3n) is 3.93. The third kappa shape index (κ3) is 3.69. The quantitative estimate of drug-likeness (QED) is 0.418. The minimum absolute atomic E-state index is 0.0109. The number of hydrogen-bond donors (Lipinski definition) is 0. The van der Waals surface area contributed by atoms with Gasteiger partial charge in [-0.05, 0) is 24.6 Å². The topological polar surface area (TPSA) is 92.7 Å². The molecule has 0 bridgehead atoms. The second kappa shape index (κ2) is 7.73. The molecular weight excluding hydrogens is 336 g/mol. The number of rotatable bonds is 7. The van der Waals surface area contributed by atoms with Crippen molar-refractivity contribution in [2.24, 2.45) is 0 Å². The first-order valence-electron chi connectivity index (χ1n) is 8.17. The van der Waals surface area contributed by atoms with E-state index in [9.17, 15) is 14.4 Å². The number of carbonyl (C=O) groups is 3. The van der Waals surface area contributed by atoms with Crippen LogP contribution in [0.25, 0.3) is 0 Å². The first-order chi connectivity index (χ1) is 12.6. The Hall–Kier alpha value is -3.29. The fourth-order valence-corrected chi connectivity index (χ4v) is 2.65. The Bertz CT molecular complexity index is 790. The Morgan fingerprint density at radius 2 is 1.69 bits per heavy atom. The van der Waals surface area contributed by atoms with Gasteiger partial charge in [0.1, 0.15) is 6.54 Å². The lowest BCUT2D eigenvalue weighted by atomic mass is 10.1. The number of hydrogen-bond acceptors (Lipinski definition) is 7. The van der Waals surface area contributed by atoms with Gasteiger partial charge in [-0.2, -0.15) is 0 Å². The van der Waals surface area contributed by atoms with E-state index in [0.717, 1.165) is 0 Å². The van der Waals surface area contributed by atoms with Crippen molar-refractivity contribution in [1.29, 1.82) is 0 Å². The maximum Gasteiger partial charge on any atom is 0.325 e. The number of imide groups is 1. The van der Waals surface area contributed by atoms with Gasteiger partial charge in [0.2, 0.25) is 5.95 Å². The molecule has 1 aliphatic rings. The van der Waals surface area contributed by atoms with E-state index in [1.807, 2.05) is 0 Å². The van der Waals surface area contributed by atoms with Crippen LogP contribution in [0.2, 0.25) is 0 Å². The molecule has 26 heavy (non-hydrogen) atoms. The fourth-order valence-electron chi connectivity index (χ4n) is 2.65. The lowest BCUT2D eigenvalue weighted by molar-refractivity contribution is -0.142. The van der Waals surface area contributed by atoms with Gasteiger partial charge in [0.05, 0.1) is 17.7 Å². The molecule has 2 amide bonds. The van der Waals surface area contributed by atoms with E-state index in [0.29, 0.717) is 23.5 Å². The molecule has 0 radical (unpaired) electrons. The van der Waals surface area contributed by atoms with Crippen LogP contribution in [0.5, 0.6) is 0 Å². The summed E-state index contributed by atoms with van der Waals surface area (Å²) in [6.07, 6.45) is 3.56. The summed E-state index contributed by atoms with van der Waals surface area (Å²) in [6.45, 7) is 0.337. The van der Waals surface area contributed by atoms with E-state index in [1.54, 1.807) is 54.7 Å². The summed E-state index contributed by atoms with van der Waals surface area (Å²) in [7, 11) is 1.69. The number of nitrogens with zero attached hydrogens (tertiary/aromatic N) is 4. The van der Waals surface area contributed by atoms with Crippen LogP contribution in [0.3, 0.4) is 0 Å². The van der Waals surface area contributed by atoms with Crippen LogP contribution >= 0.6 is 0 Å². The number of likely N-dealkylation sites (N-methyl/N-ethyl adjacent to an activating group) is 1. The Labute approximate surface area is 150 Å². The number of amides is 2. The van der Waals surface area contributed by atoms with Gasteiger partial charge in [-0.25, -0.2) is 9.97 Å². The number of anilines is 1. The Balaban J connectivity index is 1.43. The average Bonchev–Trinajstić information content (AvgIpc) is 2.91. The van der Waals surface area contributed by atoms with Crippen molar-refractivity contribution in [2.45, 2.75) is 6.42 Å². The lowest BCUT2D eigenvalue weighted by Crippen LogP contribution is -2.32. The second-order valence-corrected chi connectivity index (χ2v) is 5.79. The molecule has 1 aromatic heterocycles. The Morgan fingerprint density at radius 3 is 2.31 bits per heavy atom. The van der Waals surface area contributed by atoms with Crippen LogP contribution < -0.4 is 4.90 Å². The first-order valence-corrected chi connectivity index (χ1v) is 8.17. The summed E-state index contributed by atoms with van der Waals surface area (Å²) < 4.78 is 5.16. The molecule has 0 N–H and O–H groups in total. The molecule has 1 aromatic carbocycles. The Morgan fingerprint density at radius 1 is 1.08 bits per heavy atom. The standard InChI is InChI=1S/C18H18N4O4/c1-21(18-19-8-4-9-20-18)12-15(23)26-11-5-10-22-16(24)13-6-2-3-7-14(13)17(22)25/h2-4,6-9H,5,10-12H2,1H3. The van der Waals surface area contributed by atoms with Crippen molar-refractivity contribution < 1.29 is 19.1 Å². The van der Waals surface area contributed by atoms with Crippen LogP contribution in [0.4, 0.5) is 5.95 Å². The highest BCUT2D eigenvalue weighted by atomic mass is 16.5. The van der Waals surface area contributed by atoms with E-state index < -0.39 is 5.97 Å². The molecule has 0 unspecified atom stereocenters. The first kappa shape index (κ1) is 17.5. The van der Waals surface area contributed by atoms with E-state index in [1.165, 1.54) is 4.90 Å². The zero-order valence-electron chi connectivity index (χ0n) is 14.3. The highest BCUT2D eigenvalue weighted by Crippen LogP contribution is 2.22.